The third-order valence-electron chi connectivity index (χ3n) is 5.27. The second-order valence-corrected chi connectivity index (χ2v) is 7.08. The van der Waals surface area contributed by atoms with E-state index in [2.05, 4.69) is 5.32 Å². The van der Waals surface area contributed by atoms with E-state index in [1.807, 2.05) is 31.2 Å². The van der Waals surface area contributed by atoms with Crippen LogP contribution in [0.4, 0.5) is 14.5 Å². The topological polar surface area (TPSA) is 58.6 Å². The lowest BCUT2D eigenvalue weighted by molar-refractivity contribution is -0.164. The second kappa shape index (κ2) is 9.17. The van der Waals surface area contributed by atoms with Crippen LogP contribution in [-0.4, -0.2) is 37.2 Å². The van der Waals surface area contributed by atoms with Crippen molar-refractivity contribution < 1.29 is 23.2 Å². The summed E-state index contributed by atoms with van der Waals surface area (Å²) in [6.45, 7) is 1.98. The van der Waals surface area contributed by atoms with Gasteiger partial charge in [-0.25, -0.2) is 13.8 Å². The Labute approximate surface area is 174 Å². The molecule has 7 heteroatoms. The molecule has 2 atom stereocenters. The number of nitrogens with zero attached hydrogens (tertiary/aromatic N) is 1. The Balaban J connectivity index is 1.87. The molecule has 1 aliphatic rings. The quantitative estimate of drug-likeness (QED) is 0.717. The molecule has 0 fully saturated rings. The highest BCUT2D eigenvalue weighted by Gasteiger charge is 2.37. The van der Waals surface area contributed by atoms with E-state index in [0.717, 1.165) is 28.7 Å². The molecule has 0 aromatic heterocycles. The first-order valence-corrected chi connectivity index (χ1v) is 9.72. The molecule has 2 aromatic carbocycles. The van der Waals surface area contributed by atoms with E-state index in [4.69, 9.17) is 4.84 Å². The number of likely N-dealkylation sites (N-methyl/N-ethyl adjacent to an activating group) is 1. The van der Waals surface area contributed by atoms with Gasteiger partial charge in [0, 0.05) is 18.2 Å². The van der Waals surface area contributed by atoms with E-state index in [9.17, 15) is 14.0 Å². The summed E-state index contributed by atoms with van der Waals surface area (Å²) in [4.78, 5) is 30.0. The summed E-state index contributed by atoms with van der Waals surface area (Å²) in [5.41, 5.74) is 2.07. The zero-order valence-corrected chi connectivity index (χ0v) is 17.1. The minimum absolute atomic E-state index is 0.00255. The Bertz CT molecular complexity index is 990. The summed E-state index contributed by atoms with van der Waals surface area (Å²) in [6, 6.07) is 12.2. The molecule has 1 aliphatic carbocycles. The summed E-state index contributed by atoms with van der Waals surface area (Å²) in [6.07, 6.45) is 0.240. The molecule has 0 bridgehead atoms. The number of carbonyl (C=O) groups excluding carboxylic acids is 2. The Kier molecular flexibility index (Phi) is 6.62. The molecule has 1 unspecified atom stereocenters. The lowest BCUT2D eigenvalue weighted by Crippen LogP contribution is -2.33. The second-order valence-electron chi connectivity index (χ2n) is 7.08. The van der Waals surface area contributed by atoms with Crippen molar-refractivity contribution in [2.75, 3.05) is 19.5 Å². The molecule has 0 heterocycles. The van der Waals surface area contributed by atoms with Crippen molar-refractivity contribution >= 4 is 17.5 Å². The molecule has 5 nitrogen and oxygen atoms in total. The summed E-state index contributed by atoms with van der Waals surface area (Å²) in [5, 5.41) is 3.45. The van der Waals surface area contributed by atoms with Gasteiger partial charge in [-0.05, 0) is 36.1 Å². The first kappa shape index (κ1) is 21.6. The van der Waals surface area contributed by atoms with Gasteiger partial charge in [-0.1, -0.05) is 43.3 Å². The predicted octanol–water partition coefficient (Wildman–Crippen LogP) is 4.30. The number of hydroxylamine groups is 2. The number of halogens is 2. The first-order valence-electron chi connectivity index (χ1n) is 9.72. The van der Waals surface area contributed by atoms with E-state index in [1.165, 1.54) is 20.2 Å². The van der Waals surface area contributed by atoms with Crippen molar-refractivity contribution in [3.8, 4) is 11.1 Å². The van der Waals surface area contributed by atoms with Crippen molar-refractivity contribution in [2.45, 2.75) is 25.9 Å². The molecular formula is C23H24F2N2O3. The number of rotatable bonds is 6. The van der Waals surface area contributed by atoms with Crippen molar-refractivity contribution in [3.05, 3.63) is 65.5 Å². The summed E-state index contributed by atoms with van der Waals surface area (Å²) >= 11 is 0. The predicted molar refractivity (Wildman–Crippen MR) is 111 cm³/mol. The molecule has 0 aliphatic heterocycles. The van der Waals surface area contributed by atoms with Crippen LogP contribution < -0.4 is 5.32 Å². The van der Waals surface area contributed by atoms with E-state index >= 15 is 4.39 Å². The van der Waals surface area contributed by atoms with Crippen molar-refractivity contribution in [2.24, 2.45) is 5.92 Å². The Morgan fingerprint density at radius 1 is 1.17 bits per heavy atom. The standard InChI is InChI=1S/C23H24F2N2O3/c1-4-14-8-5-6-9-16(14)17-10-7-11-20(21(17)25)26-22(28)18-12-15(24)13-19(18)23(29)27(2)30-3/h5-11,13,15,18H,4,12H2,1-3H3,(H,26,28)/t15?,18-/m1/s1. The maximum Gasteiger partial charge on any atom is 0.273 e. The zero-order chi connectivity index (χ0) is 21.8. The van der Waals surface area contributed by atoms with E-state index in [0.29, 0.717) is 5.56 Å². The van der Waals surface area contributed by atoms with Crippen LogP contribution in [0.2, 0.25) is 0 Å². The van der Waals surface area contributed by atoms with E-state index in [1.54, 1.807) is 12.1 Å². The van der Waals surface area contributed by atoms with E-state index in [-0.39, 0.29) is 17.7 Å². The summed E-state index contributed by atoms with van der Waals surface area (Å²) in [5.74, 6) is -2.86. The van der Waals surface area contributed by atoms with Crippen LogP contribution in [0.5, 0.6) is 0 Å². The van der Waals surface area contributed by atoms with Crippen LogP contribution in [-0.2, 0) is 20.8 Å². The highest BCUT2D eigenvalue weighted by molar-refractivity contribution is 6.04. The Hall–Kier alpha value is -3.06. The molecule has 30 heavy (non-hydrogen) atoms. The van der Waals surface area contributed by atoms with E-state index < -0.39 is 29.7 Å². The van der Waals surface area contributed by atoms with Crippen LogP contribution in [0.3, 0.4) is 0 Å². The molecule has 0 saturated heterocycles. The normalized spacial score (nSPS) is 18.1. The zero-order valence-electron chi connectivity index (χ0n) is 17.1. The highest BCUT2D eigenvalue weighted by Crippen LogP contribution is 2.33. The van der Waals surface area contributed by atoms with Crippen LogP contribution >= 0.6 is 0 Å². The number of aryl methyl sites for hydroxylation is 1. The monoisotopic (exact) mass is 414 g/mol. The fraction of sp³-hybridized carbons (Fsp3) is 0.304. The fourth-order valence-electron chi connectivity index (χ4n) is 3.61. The maximum atomic E-state index is 15.2. The van der Waals surface area contributed by atoms with Gasteiger partial charge in [0.15, 0.2) is 5.82 Å². The lowest BCUT2D eigenvalue weighted by Gasteiger charge is -2.19. The number of hydrogen-bond acceptors (Lipinski definition) is 3. The molecular weight excluding hydrogens is 390 g/mol. The van der Waals surface area contributed by atoms with Gasteiger partial charge in [-0.15, -0.1) is 0 Å². The largest absolute Gasteiger partial charge is 0.323 e. The molecule has 2 aromatic rings. The van der Waals surface area contributed by atoms with Crippen molar-refractivity contribution in [3.63, 3.8) is 0 Å². The van der Waals surface area contributed by atoms with Crippen LogP contribution in [0.15, 0.2) is 54.1 Å². The van der Waals surface area contributed by atoms with Gasteiger partial charge >= 0.3 is 0 Å². The Morgan fingerprint density at radius 2 is 1.87 bits per heavy atom. The average molecular weight is 414 g/mol. The highest BCUT2D eigenvalue weighted by atomic mass is 19.1. The van der Waals surface area contributed by atoms with Gasteiger partial charge < -0.3 is 5.32 Å². The van der Waals surface area contributed by atoms with Crippen molar-refractivity contribution in [1.82, 2.24) is 5.06 Å². The minimum atomic E-state index is -1.43. The molecule has 3 rings (SSSR count). The first-order chi connectivity index (χ1) is 14.4. The lowest BCUT2D eigenvalue weighted by atomic mass is 9.96. The number of hydrogen-bond donors (Lipinski definition) is 1. The van der Waals surface area contributed by atoms with Gasteiger partial charge in [0.2, 0.25) is 5.91 Å². The van der Waals surface area contributed by atoms with Crippen LogP contribution in [0, 0.1) is 11.7 Å². The van der Waals surface area contributed by atoms with Gasteiger partial charge in [-0.3, -0.25) is 14.4 Å². The minimum Gasteiger partial charge on any atom is -0.323 e. The molecule has 1 N–H and O–H groups in total. The number of nitrogens with one attached hydrogen (secondary N) is 1. The molecule has 0 radical (unpaired) electrons. The molecule has 0 saturated carbocycles. The third-order valence-corrected chi connectivity index (χ3v) is 5.27. The molecule has 158 valence electrons. The number of anilines is 1. The van der Waals surface area contributed by atoms with Gasteiger partial charge in [0.1, 0.15) is 6.17 Å². The SMILES string of the molecule is CCc1ccccc1-c1cccc(NC(=O)[C@@H]2CC(F)C=C2C(=O)N(C)OC)c1F. The molecule has 2 amide bonds. The summed E-state index contributed by atoms with van der Waals surface area (Å²) < 4.78 is 29.2. The van der Waals surface area contributed by atoms with Crippen LogP contribution in [0.25, 0.3) is 11.1 Å². The fourth-order valence-corrected chi connectivity index (χ4v) is 3.61. The van der Waals surface area contributed by atoms with Crippen molar-refractivity contribution in [1.29, 1.82) is 0 Å². The Morgan fingerprint density at radius 3 is 2.57 bits per heavy atom. The smallest absolute Gasteiger partial charge is 0.273 e. The average Bonchev–Trinajstić information content (AvgIpc) is 3.15. The maximum absolute atomic E-state index is 15.2. The summed E-state index contributed by atoms with van der Waals surface area (Å²) in [7, 11) is 2.67. The number of amides is 2. The van der Waals surface area contributed by atoms with Gasteiger partial charge in [-0.2, -0.15) is 0 Å². The number of alkyl halides is 1. The number of benzene rings is 2. The molecule has 0 spiro atoms. The van der Waals surface area contributed by atoms with Gasteiger partial charge in [0.25, 0.3) is 5.91 Å². The van der Waals surface area contributed by atoms with Crippen LogP contribution in [0.1, 0.15) is 18.9 Å². The third kappa shape index (κ3) is 4.26. The number of carbonyl (C=O) groups is 2. The number of allylic oxidation sites excluding steroid dienone is 1. The van der Waals surface area contributed by atoms with Gasteiger partial charge in [0.05, 0.1) is 18.7 Å².